The Morgan fingerprint density at radius 1 is 1.47 bits per heavy atom. The zero-order chi connectivity index (χ0) is 12.1. The van der Waals surface area contributed by atoms with E-state index >= 15 is 0 Å². The second kappa shape index (κ2) is 5.69. The Balaban J connectivity index is 4.36. The number of primary amides is 1. The number of rotatable bonds is 5. The van der Waals surface area contributed by atoms with Crippen molar-refractivity contribution in [3.05, 3.63) is 0 Å². The topological polar surface area (TPSA) is 130 Å². The molecule has 0 aliphatic carbocycles. The molecule has 9 heteroatoms. The predicted molar refractivity (Wildman–Crippen MR) is 49.8 cm³/mol. The maximum absolute atomic E-state index is 10.9. The molecule has 0 aromatic heterocycles. The number of ether oxygens (including phenoxy) is 1. The van der Waals surface area contributed by atoms with Gasteiger partial charge in [0.15, 0.2) is 0 Å². The molecule has 0 spiro atoms. The molecule has 8 nitrogen and oxygen atoms in total. The quantitative estimate of drug-likeness (QED) is 0.420. The number of urea groups is 1. The highest BCUT2D eigenvalue weighted by Gasteiger charge is 2.24. The molecule has 0 saturated heterocycles. The van der Waals surface area contributed by atoms with Crippen molar-refractivity contribution in [2.45, 2.75) is 6.92 Å². The molecule has 0 aromatic rings. The van der Waals surface area contributed by atoms with E-state index in [1.165, 1.54) is 0 Å². The lowest BCUT2D eigenvalue weighted by atomic mass is 10.6. The number of hydrogen-bond acceptors (Lipinski definition) is 4. The molecule has 0 heterocycles. The van der Waals surface area contributed by atoms with Crippen molar-refractivity contribution in [2.75, 3.05) is 19.4 Å². The summed E-state index contributed by atoms with van der Waals surface area (Å²) in [4.78, 5) is 39.3. The van der Waals surface area contributed by atoms with Crippen molar-refractivity contribution in [2.24, 2.45) is 5.73 Å². The van der Waals surface area contributed by atoms with Gasteiger partial charge in [0.25, 0.3) is 0 Å². The average molecular weight is 240 g/mol. The lowest BCUT2D eigenvalue weighted by molar-refractivity contribution is -0.143. The first-order chi connectivity index (χ1) is 6.76. The van der Waals surface area contributed by atoms with Gasteiger partial charge < -0.3 is 25.2 Å². The first-order valence-corrected chi connectivity index (χ1v) is 5.80. The van der Waals surface area contributed by atoms with Crippen LogP contribution >= 0.6 is 7.60 Å². The molecule has 4 N–H and O–H groups in total. The van der Waals surface area contributed by atoms with E-state index < -0.39 is 32.4 Å². The van der Waals surface area contributed by atoms with Crippen LogP contribution < -0.4 is 5.73 Å². The molecule has 0 fully saturated rings. The van der Waals surface area contributed by atoms with Gasteiger partial charge in [0.2, 0.25) is 0 Å². The Labute approximate surface area is 86.2 Å². The fraction of sp³-hybridized carbons (Fsp3) is 0.667. The molecular formula is C6H13N2O6P. The number of carbonyl (C=O) groups is 2. The van der Waals surface area contributed by atoms with Gasteiger partial charge in [-0.15, -0.1) is 0 Å². The molecule has 0 radical (unpaired) electrons. The van der Waals surface area contributed by atoms with E-state index in [9.17, 15) is 14.2 Å². The zero-order valence-electron chi connectivity index (χ0n) is 8.12. The van der Waals surface area contributed by atoms with E-state index in [4.69, 9.17) is 15.5 Å². The average Bonchev–Trinajstić information content (AvgIpc) is 2.00. The Kier molecular flexibility index (Phi) is 5.27. The van der Waals surface area contributed by atoms with Crippen molar-refractivity contribution >= 4 is 19.6 Å². The van der Waals surface area contributed by atoms with Gasteiger partial charge in [-0.3, -0.25) is 9.36 Å². The van der Waals surface area contributed by atoms with Crippen LogP contribution in [0, 0.1) is 0 Å². The smallest absolute Gasteiger partial charge is 0.344 e. The minimum atomic E-state index is -4.43. The van der Waals surface area contributed by atoms with Gasteiger partial charge in [-0.25, -0.2) is 4.79 Å². The van der Waals surface area contributed by atoms with E-state index in [-0.39, 0.29) is 6.61 Å². The Morgan fingerprint density at radius 2 is 2.00 bits per heavy atom. The predicted octanol–water partition coefficient (Wildman–Crippen LogP) is -0.935. The fourth-order valence-corrected chi connectivity index (χ4v) is 1.47. The summed E-state index contributed by atoms with van der Waals surface area (Å²) in [6, 6.07) is -1.09. The van der Waals surface area contributed by atoms with Gasteiger partial charge >= 0.3 is 19.6 Å². The normalized spacial score (nSPS) is 10.9. The summed E-state index contributed by atoms with van der Waals surface area (Å²) in [6.07, 6.45) is -0.902. The second-order valence-electron chi connectivity index (χ2n) is 2.65. The first kappa shape index (κ1) is 13.9. The number of esters is 1. The van der Waals surface area contributed by atoms with Crippen LogP contribution in [0.25, 0.3) is 0 Å². The van der Waals surface area contributed by atoms with Crippen LogP contribution in [-0.2, 0) is 14.1 Å². The molecule has 15 heavy (non-hydrogen) atoms. The summed E-state index contributed by atoms with van der Waals surface area (Å²) in [6.45, 7) is 1.10. The van der Waals surface area contributed by atoms with Crippen molar-refractivity contribution in [3.63, 3.8) is 0 Å². The molecule has 0 aromatic carbocycles. The molecule has 0 bridgehead atoms. The van der Waals surface area contributed by atoms with Crippen LogP contribution in [-0.4, -0.2) is 46.1 Å². The number of nitrogens with zero attached hydrogens (tertiary/aromatic N) is 1. The molecule has 0 unspecified atom stereocenters. The van der Waals surface area contributed by atoms with Crippen molar-refractivity contribution in [3.8, 4) is 0 Å². The summed E-state index contributed by atoms with van der Waals surface area (Å²) in [7, 11) is -4.43. The lowest BCUT2D eigenvalue weighted by Gasteiger charge is -2.19. The van der Waals surface area contributed by atoms with Gasteiger partial charge in [-0.1, -0.05) is 0 Å². The summed E-state index contributed by atoms with van der Waals surface area (Å²) < 4.78 is 15.1. The zero-order valence-corrected chi connectivity index (χ0v) is 9.01. The molecule has 0 rings (SSSR count). The van der Waals surface area contributed by atoms with Crippen LogP contribution in [0.5, 0.6) is 0 Å². The minimum Gasteiger partial charge on any atom is -0.465 e. The summed E-state index contributed by atoms with van der Waals surface area (Å²) >= 11 is 0. The Bertz CT molecular complexity index is 287. The highest BCUT2D eigenvalue weighted by molar-refractivity contribution is 7.51. The van der Waals surface area contributed by atoms with E-state index in [0.717, 1.165) is 0 Å². The first-order valence-electron chi connectivity index (χ1n) is 4.01. The Morgan fingerprint density at radius 3 is 2.33 bits per heavy atom. The van der Waals surface area contributed by atoms with E-state index in [1.54, 1.807) is 6.92 Å². The SMILES string of the molecule is CCOC(=O)CN(CP(=O)(O)O)C(N)=O. The number of nitrogens with two attached hydrogens (primary N) is 1. The van der Waals surface area contributed by atoms with Crippen LogP contribution in [0.1, 0.15) is 6.92 Å². The van der Waals surface area contributed by atoms with Crippen molar-refractivity contribution in [1.29, 1.82) is 0 Å². The van der Waals surface area contributed by atoms with Crippen molar-refractivity contribution in [1.82, 2.24) is 4.90 Å². The van der Waals surface area contributed by atoms with Gasteiger partial charge in [0.05, 0.1) is 6.61 Å². The third-order valence-electron chi connectivity index (χ3n) is 1.29. The highest BCUT2D eigenvalue weighted by atomic mass is 31.2. The lowest BCUT2D eigenvalue weighted by Crippen LogP contribution is -2.40. The molecule has 0 saturated carbocycles. The van der Waals surface area contributed by atoms with Gasteiger partial charge in [0.1, 0.15) is 12.8 Å². The van der Waals surface area contributed by atoms with Crippen LogP contribution in [0.3, 0.4) is 0 Å². The third-order valence-corrected chi connectivity index (χ3v) is 2.00. The number of amides is 2. The van der Waals surface area contributed by atoms with E-state index in [0.29, 0.717) is 4.90 Å². The van der Waals surface area contributed by atoms with Crippen LogP contribution in [0.4, 0.5) is 4.79 Å². The summed E-state index contributed by atoms with van der Waals surface area (Å²) in [5.41, 5.74) is 4.82. The van der Waals surface area contributed by atoms with Gasteiger partial charge in [-0.2, -0.15) is 0 Å². The standard InChI is InChI=1S/C6H13N2O6P/c1-2-14-5(9)3-8(6(7)10)4-15(11,12)13/h2-4H2,1H3,(H2,7,10)(H2,11,12,13). The summed E-state index contributed by atoms with van der Waals surface area (Å²) in [5.74, 6) is -0.773. The Hall–Kier alpha value is -1.11. The third kappa shape index (κ3) is 6.89. The number of hydrogen-bond donors (Lipinski definition) is 3. The summed E-state index contributed by atoms with van der Waals surface area (Å²) in [5, 5.41) is 0. The maximum atomic E-state index is 10.9. The number of carbonyl (C=O) groups excluding carboxylic acids is 2. The minimum absolute atomic E-state index is 0.112. The largest absolute Gasteiger partial charge is 0.465 e. The molecule has 88 valence electrons. The van der Waals surface area contributed by atoms with Gasteiger partial charge in [-0.05, 0) is 6.92 Å². The molecule has 0 atom stereocenters. The van der Waals surface area contributed by atoms with Gasteiger partial charge in [0, 0.05) is 0 Å². The molecule has 0 aliphatic rings. The van der Waals surface area contributed by atoms with Crippen LogP contribution in [0.2, 0.25) is 0 Å². The molecule has 2 amide bonds. The highest BCUT2D eigenvalue weighted by Crippen LogP contribution is 2.34. The monoisotopic (exact) mass is 240 g/mol. The fourth-order valence-electron chi connectivity index (χ4n) is 0.782. The van der Waals surface area contributed by atoms with Crippen molar-refractivity contribution < 1.29 is 28.7 Å². The van der Waals surface area contributed by atoms with E-state index in [1.807, 2.05) is 0 Å². The molecular weight excluding hydrogens is 227 g/mol. The maximum Gasteiger partial charge on any atom is 0.344 e. The van der Waals surface area contributed by atoms with Crippen LogP contribution in [0.15, 0.2) is 0 Å². The van der Waals surface area contributed by atoms with E-state index in [2.05, 4.69) is 4.74 Å². The molecule has 0 aliphatic heterocycles. The second-order valence-corrected chi connectivity index (χ2v) is 4.26.